The Hall–Kier alpha value is -3.21. The third kappa shape index (κ3) is 4.14. The molecule has 0 unspecified atom stereocenters. The van der Waals surface area contributed by atoms with E-state index < -0.39 is 10.8 Å². The van der Waals surface area contributed by atoms with Crippen LogP contribution in [0.1, 0.15) is 27.7 Å². The average molecular weight is 388 g/mol. The molecule has 1 amide bonds. The molecule has 0 saturated carbocycles. The SMILES string of the molecule is Cc1nc(CNC(=O)c2ccc(Sc3nncn3C)c([N+](=O)[O-])c2)oc1C. The Morgan fingerprint density at radius 3 is 2.78 bits per heavy atom. The van der Waals surface area contributed by atoms with Crippen molar-refractivity contribution in [3.63, 3.8) is 0 Å². The van der Waals surface area contributed by atoms with Gasteiger partial charge in [0.05, 0.1) is 22.1 Å². The summed E-state index contributed by atoms with van der Waals surface area (Å²) in [5, 5.41) is 22.2. The first-order chi connectivity index (χ1) is 12.8. The quantitative estimate of drug-likeness (QED) is 0.503. The molecule has 0 fully saturated rings. The molecule has 3 aromatic rings. The molecule has 27 heavy (non-hydrogen) atoms. The van der Waals surface area contributed by atoms with E-state index in [-0.39, 0.29) is 17.8 Å². The number of hydrogen-bond donors (Lipinski definition) is 1. The van der Waals surface area contributed by atoms with E-state index in [2.05, 4.69) is 20.5 Å². The highest BCUT2D eigenvalue weighted by molar-refractivity contribution is 7.99. The maximum absolute atomic E-state index is 12.3. The van der Waals surface area contributed by atoms with Gasteiger partial charge in [0.15, 0.2) is 5.16 Å². The fourth-order valence-electron chi connectivity index (χ4n) is 2.22. The van der Waals surface area contributed by atoms with Crippen molar-refractivity contribution in [2.75, 3.05) is 0 Å². The first-order valence-electron chi connectivity index (χ1n) is 7.86. The number of aromatic nitrogens is 4. The molecule has 11 heteroatoms. The lowest BCUT2D eigenvalue weighted by atomic mass is 10.2. The van der Waals surface area contributed by atoms with Gasteiger partial charge in [0.2, 0.25) is 5.89 Å². The summed E-state index contributed by atoms with van der Waals surface area (Å²) in [7, 11) is 1.74. The average Bonchev–Trinajstić information content (AvgIpc) is 3.18. The number of carbonyl (C=O) groups excluding carboxylic acids is 1. The molecule has 0 radical (unpaired) electrons. The van der Waals surface area contributed by atoms with Gasteiger partial charge in [0, 0.05) is 18.7 Å². The lowest BCUT2D eigenvalue weighted by Gasteiger charge is -2.06. The summed E-state index contributed by atoms with van der Waals surface area (Å²) in [5.74, 6) is 0.601. The van der Waals surface area contributed by atoms with Gasteiger partial charge >= 0.3 is 0 Å². The van der Waals surface area contributed by atoms with E-state index in [0.717, 1.165) is 17.5 Å². The zero-order chi connectivity index (χ0) is 19.6. The van der Waals surface area contributed by atoms with Crippen LogP contribution in [-0.2, 0) is 13.6 Å². The molecule has 0 bridgehead atoms. The Bertz CT molecular complexity index is 993. The van der Waals surface area contributed by atoms with E-state index >= 15 is 0 Å². The molecular weight excluding hydrogens is 372 g/mol. The smallest absolute Gasteiger partial charge is 0.284 e. The largest absolute Gasteiger partial charge is 0.444 e. The molecule has 0 spiro atoms. The number of nitrogens with one attached hydrogen (secondary N) is 1. The van der Waals surface area contributed by atoms with Crippen LogP contribution in [0.4, 0.5) is 5.69 Å². The highest BCUT2D eigenvalue weighted by Gasteiger charge is 2.20. The Morgan fingerprint density at radius 1 is 1.41 bits per heavy atom. The van der Waals surface area contributed by atoms with Gasteiger partial charge in [-0.1, -0.05) is 0 Å². The molecular formula is C16H16N6O4S. The molecule has 2 heterocycles. The molecule has 2 aromatic heterocycles. The second kappa shape index (κ2) is 7.58. The van der Waals surface area contributed by atoms with Crippen molar-refractivity contribution in [3.05, 3.63) is 57.5 Å². The van der Waals surface area contributed by atoms with Crippen LogP contribution >= 0.6 is 11.8 Å². The summed E-state index contributed by atoms with van der Waals surface area (Å²) in [6.45, 7) is 3.68. The van der Waals surface area contributed by atoms with E-state index in [1.54, 1.807) is 25.5 Å². The van der Waals surface area contributed by atoms with Crippen molar-refractivity contribution >= 4 is 23.4 Å². The predicted molar refractivity (Wildman–Crippen MR) is 95.4 cm³/mol. The number of nitro groups is 1. The van der Waals surface area contributed by atoms with Crippen LogP contribution in [0.3, 0.4) is 0 Å². The summed E-state index contributed by atoms with van der Waals surface area (Å²) in [5.41, 5.74) is 0.738. The number of nitrogens with zero attached hydrogens (tertiary/aromatic N) is 5. The van der Waals surface area contributed by atoms with Gasteiger partial charge in [-0.25, -0.2) is 4.98 Å². The Morgan fingerprint density at radius 2 is 2.19 bits per heavy atom. The molecule has 3 rings (SSSR count). The molecule has 1 aromatic carbocycles. The Kier molecular flexibility index (Phi) is 5.21. The van der Waals surface area contributed by atoms with Gasteiger partial charge in [-0.15, -0.1) is 10.2 Å². The summed E-state index contributed by atoms with van der Waals surface area (Å²) in [6.07, 6.45) is 1.50. The Balaban J connectivity index is 1.77. The molecule has 140 valence electrons. The molecule has 1 N–H and O–H groups in total. The van der Waals surface area contributed by atoms with Gasteiger partial charge in [0.1, 0.15) is 12.1 Å². The molecule has 0 saturated heterocycles. The fraction of sp³-hybridized carbons (Fsp3) is 0.250. The third-order valence-electron chi connectivity index (χ3n) is 3.76. The normalized spacial score (nSPS) is 10.8. The van der Waals surface area contributed by atoms with Crippen molar-refractivity contribution in [1.29, 1.82) is 0 Å². The molecule has 0 aliphatic heterocycles. The van der Waals surface area contributed by atoms with Crippen LogP contribution in [0.2, 0.25) is 0 Å². The van der Waals surface area contributed by atoms with Gasteiger partial charge in [-0.2, -0.15) is 0 Å². The zero-order valence-corrected chi connectivity index (χ0v) is 15.6. The molecule has 0 aliphatic rings. The van der Waals surface area contributed by atoms with Crippen LogP contribution in [0, 0.1) is 24.0 Å². The van der Waals surface area contributed by atoms with Crippen LogP contribution in [-0.4, -0.2) is 30.6 Å². The second-order valence-electron chi connectivity index (χ2n) is 5.70. The predicted octanol–water partition coefficient (Wildman–Crippen LogP) is 2.41. The lowest BCUT2D eigenvalue weighted by molar-refractivity contribution is -0.387. The van der Waals surface area contributed by atoms with Crippen LogP contribution in [0.5, 0.6) is 0 Å². The van der Waals surface area contributed by atoms with E-state index in [1.165, 1.54) is 24.5 Å². The number of rotatable bonds is 6. The Labute approximate surface area is 158 Å². The van der Waals surface area contributed by atoms with E-state index in [0.29, 0.717) is 21.7 Å². The fourth-order valence-corrected chi connectivity index (χ4v) is 3.07. The molecule has 10 nitrogen and oxygen atoms in total. The first-order valence-corrected chi connectivity index (χ1v) is 8.68. The van der Waals surface area contributed by atoms with Gasteiger partial charge in [0.25, 0.3) is 11.6 Å². The van der Waals surface area contributed by atoms with Crippen molar-refractivity contribution in [2.24, 2.45) is 7.05 Å². The zero-order valence-electron chi connectivity index (χ0n) is 14.8. The van der Waals surface area contributed by atoms with Gasteiger partial charge in [-0.05, 0) is 37.7 Å². The van der Waals surface area contributed by atoms with E-state index in [4.69, 9.17) is 4.42 Å². The van der Waals surface area contributed by atoms with Crippen molar-refractivity contribution in [2.45, 2.75) is 30.4 Å². The van der Waals surface area contributed by atoms with Gasteiger partial charge < -0.3 is 14.3 Å². The molecule has 0 atom stereocenters. The number of amides is 1. The summed E-state index contributed by atoms with van der Waals surface area (Å²) < 4.78 is 7.05. The number of nitro benzene ring substituents is 1. The second-order valence-corrected chi connectivity index (χ2v) is 6.71. The minimum atomic E-state index is -0.531. The summed E-state index contributed by atoms with van der Waals surface area (Å²) in [4.78, 5) is 27.8. The number of hydrogen-bond acceptors (Lipinski definition) is 8. The first kappa shape index (κ1) is 18.6. The highest BCUT2D eigenvalue weighted by atomic mass is 32.2. The van der Waals surface area contributed by atoms with Crippen LogP contribution in [0.25, 0.3) is 0 Å². The van der Waals surface area contributed by atoms with Crippen molar-refractivity contribution < 1.29 is 14.1 Å². The van der Waals surface area contributed by atoms with Gasteiger partial charge in [-0.3, -0.25) is 14.9 Å². The number of carbonyl (C=O) groups is 1. The van der Waals surface area contributed by atoms with Crippen LogP contribution < -0.4 is 5.32 Å². The summed E-state index contributed by atoms with van der Waals surface area (Å²) in [6, 6.07) is 4.28. The number of aryl methyl sites for hydroxylation is 3. The maximum Gasteiger partial charge on any atom is 0.284 e. The van der Waals surface area contributed by atoms with Crippen molar-refractivity contribution in [3.8, 4) is 0 Å². The highest BCUT2D eigenvalue weighted by Crippen LogP contribution is 2.34. The third-order valence-corrected chi connectivity index (χ3v) is 4.88. The van der Waals surface area contributed by atoms with Crippen molar-refractivity contribution in [1.82, 2.24) is 25.1 Å². The maximum atomic E-state index is 12.3. The number of oxazole rings is 1. The monoisotopic (exact) mass is 388 g/mol. The standard InChI is InChI=1S/C16H16N6O4S/c1-9-10(2)26-14(19-9)7-17-15(23)11-4-5-13(12(6-11)22(24)25)27-16-20-18-8-21(16)3/h4-6,8H,7H2,1-3H3,(H,17,23). The minimum Gasteiger partial charge on any atom is -0.444 e. The number of benzene rings is 1. The minimum absolute atomic E-state index is 0.0940. The topological polar surface area (TPSA) is 129 Å². The van der Waals surface area contributed by atoms with Crippen LogP contribution in [0.15, 0.2) is 39.0 Å². The lowest BCUT2D eigenvalue weighted by Crippen LogP contribution is -2.23. The van der Waals surface area contributed by atoms with E-state index in [1.807, 2.05) is 0 Å². The van der Waals surface area contributed by atoms with E-state index in [9.17, 15) is 14.9 Å². The molecule has 0 aliphatic carbocycles. The summed E-state index contributed by atoms with van der Waals surface area (Å²) >= 11 is 1.10.